The van der Waals surface area contributed by atoms with Crippen molar-refractivity contribution in [2.24, 2.45) is 0 Å². The third-order valence-electron chi connectivity index (χ3n) is 2.35. The maximum Gasteiger partial charge on any atom is 0.294 e. The van der Waals surface area contributed by atoms with Crippen molar-refractivity contribution in [3.05, 3.63) is 10.1 Å². The monoisotopic (exact) mass is 277 g/mol. The van der Waals surface area contributed by atoms with Crippen LogP contribution in [0.3, 0.4) is 0 Å². The van der Waals surface area contributed by atoms with Gasteiger partial charge >= 0.3 is 0 Å². The predicted octanol–water partition coefficient (Wildman–Crippen LogP) is 0.305. The highest BCUT2D eigenvalue weighted by Crippen LogP contribution is 2.13. The quantitative estimate of drug-likeness (QED) is 0.511. The molecule has 0 aliphatic carbocycles. The van der Waals surface area contributed by atoms with E-state index in [0.29, 0.717) is 12.2 Å². The average Bonchev–Trinajstić information content (AvgIpc) is 2.73. The first-order valence-electron chi connectivity index (χ1n) is 5.54. The molecular weight excluding hydrogens is 262 g/mol. The zero-order valence-corrected chi connectivity index (χ0v) is 10.7. The van der Waals surface area contributed by atoms with Gasteiger partial charge in [-0.1, -0.05) is 25.1 Å². The van der Waals surface area contributed by atoms with Gasteiger partial charge in [0.05, 0.1) is 6.04 Å². The van der Waals surface area contributed by atoms with Gasteiger partial charge in [-0.05, 0) is 6.42 Å². The van der Waals surface area contributed by atoms with Crippen LogP contribution in [0.2, 0.25) is 0 Å². The van der Waals surface area contributed by atoms with Crippen molar-refractivity contribution in [3.63, 3.8) is 0 Å². The Labute approximate surface area is 108 Å². The van der Waals surface area contributed by atoms with Crippen molar-refractivity contribution in [1.82, 2.24) is 10.6 Å². The fourth-order valence-electron chi connectivity index (χ4n) is 1.52. The molecule has 0 bridgehead atoms. The molecule has 2 atom stereocenters. The summed E-state index contributed by atoms with van der Waals surface area (Å²) >= 11 is 1.04. The van der Waals surface area contributed by atoms with E-state index in [-0.39, 0.29) is 17.8 Å². The second kappa shape index (κ2) is 7.04. The Kier molecular flexibility index (Phi) is 5.69. The molecule has 1 aliphatic heterocycles. The van der Waals surface area contributed by atoms with E-state index in [1.807, 2.05) is 6.92 Å². The van der Waals surface area contributed by atoms with Gasteiger partial charge < -0.3 is 15.5 Å². The molecule has 1 heterocycles. The second-order valence-corrected chi connectivity index (χ2v) is 4.80. The van der Waals surface area contributed by atoms with Gasteiger partial charge in [0.15, 0.2) is 0 Å². The Morgan fingerprint density at radius 1 is 1.78 bits per heavy atom. The SMILES string of the molecule is CCC[C@@H](CO[N+](=O)[O-])NC(=O)[C@@H]1CSC(=O)N1. The minimum atomic E-state index is -0.887. The van der Waals surface area contributed by atoms with E-state index in [9.17, 15) is 19.7 Å². The molecule has 102 valence electrons. The summed E-state index contributed by atoms with van der Waals surface area (Å²) in [5, 5.41) is 14.1. The Bertz CT molecular complexity index is 338. The number of nitrogens with one attached hydrogen (secondary N) is 2. The number of carbonyl (C=O) groups is 2. The van der Waals surface area contributed by atoms with Gasteiger partial charge in [0.25, 0.3) is 10.3 Å². The number of thioether (sulfide) groups is 1. The van der Waals surface area contributed by atoms with Crippen molar-refractivity contribution in [2.45, 2.75) is 31.8 Å². The first-order chi connectivity index (χ1) is 8.52. The lowest BCUT2D eigenvalue weighted by Gasteiger charge is -2.19. The van der Waals surface area contributed by atoms with Crippen LogP contribution in [0.1, 0.15) is 19.8 Å². The van der Waals surface area contributed by atoms with Crippen LogP contribution < -0.4 is 10.6 Å². The summed E-state index contributed by atoms with van der Waals surface area (Å²) in [4.78, 5) is 37.1. The number of carbonyl (C=O) groups excluding carboxylic acids is 2. The van der Waals surface area contributed by atoms with Crippen molar-refractivity contribution in [2.75, 3.05) is 12.4 Å². The van der Waals surface area contributed by atoms with Crippen LogP contribution in [-0.4, -0.2) is 40.7 Å². The molecular formula is C9H15N3O5S. The molecule has 0 spiro atoms. The van der Waals surface area contributed by atoms with Crippen LogP contribution in [0.4, 0.5) is 4.79 Å². The molecule has 0 aromatic rings. The lowest BCUT2D eigenvalue weighted by molar-refractivity contribution is -0.758. The molecule has 0 aromatic carbocycles. The van der Waals surface area contributed by atoms with Crippen LogP contribution >= 0.6 is 11.8 Å². The third kappa shape index (κ3) is 4.78. The van der Waals surface area contributed by atoms with Gasteiger partial charge in [-0.15, -0.1) is 10.1 Å². The van der Waals surface area contributed by atoms with E-state index >= 15 is 0 Å². The van der Waals surface area contributed by atoms with Gasteiger partial charge in [-0.3, -0.25) is 9.59 Å². The number of hydrogen-bond donors (Lipinski definition) is 2. The molecule has 9 heteroatoms. The maximum absolute atomic E-state index is 11.8. The number of rotatable bonds is 7. The zero-order valence-electron chi connectivity index (χ0n) is 9.88. The van der Waals surface area contributed by atoms with E-state index in [0.717, 1.165) is 18.2 Å². The minimum Gasteiger partial charge on any atom is -0.350 e. The van der Waals surface area contributed by atoms with Crippen molar-refractivity contribution in [3.8, 4) is 0 Å². The van der Waals surface area contributed by atoms with Gasteiger partial charge in [0, 0.05) is 5.75 Å². The molecule has 8 nitrogen and oxygen atoms in total. The molecule has 1 saturated heterocycles. The van der Waals surface area contributed by atoms with E-state index in [1.165, 1.54) is 0 Å². The Morgan fingerprint density at radius 3 is 3.00 bits per heavy atom. The molecule has 0 saturated carbocycles. The molecule has 2 amide bonds. The largest absolute Gasteiger partial charge is 0.350 e. The maximum atomic E-state index is 11.8. The highest BCUT2D eigenvalue weighted by atomic mass is 32.2. The summed E-state index contributed by atoms with van der Waals surface area (Å²) in [6.45, 7) is 1.72. The Balaban J connectivity index is 2.41. The lowest BCUT2D eigenvalue weighted by atomic mass is 10.1. The molecule has 2 N–H and O–H groups in total. The van der Waals surface area contributed by atoms with E-state index in [4.69, 9.17) is 0 Å². The number of amides is 2. The van der Waals surface area contributed by atoms with Crippen LogP contribution in [0.5, 0.6) is 0 Å². The molecule has 1 rings (SSSR count). The van der Waals surface area contributed by atoms with E-state index < -0.39 is 17.2 Å². The molecule has 0 aromatic heterocycles. The first kappa shape index (κ1) is 14.6. The van der Waals surface area contributed by atoms with Crippen LogP contribution in [-0.2, 0) is 9.63 Å². The summed E-state index contributed by atoms with van der Waals surface area (Å²) in [7, 11) is 0. The van der Waals surface area contributed by atoms with Gasteiger partial charge in [0.1, 0.15) is 12.6 Å². The first-order valence-corrected chi connectivity index (χ1v) is 6.52. The average molecular weight is 277 g/mol. The normalized spacial score (nSPS) is 20.1. The lowest BCUT2D eigenvalue weighted by Crippen LogP contribution is -2.48. The topological polar surface area (TPSA) is 111 Å². The van der Waals surface area contributed by atoms with Gasteiger partial charge in [-0.25, -0.2) is 0 Å². The third-order valence-corrected chi connectivity index (χ3v) is 3.23. The summed E-state index contributed by atoms with van der Waals surface area (Å²) in [5.41, 5.74) is 0. The molecule has 0 radical (unpaired) electrons. The van der Waals surface area contributed by atoms with Crippen molar-refractivity contribution < 1.29 is 19.5 Å². The van der Waals surface area contributed by atoms with Crippen molar-refractivity contribution in [1.29, 1.82) is 0 Å². The Morgan fingerprint density at radius 2 is 2.50 bits per heavy atom. The molecule has 1 aliphatic rings. The zero-order chi connectivity index (χ0) is 13.5. The standard InChI is InChI=1S/C9H15N3O5S/c1-2-3-6(4-17-12(15)16)10-8(13)7-5-18-9(14)11-7/h6-7H,2-5H2,1H3,(H,10,13)(H,11,14)/t6-,7-/m0/s1. The predicted molar refractivity (Wildman–Crippen MR) is 64.6 cm³/mol. The minimum absolute atomic E-state index is 0.180. The van der Waals surface area contributed by atoms with Crippen molar-refractivity contribution >= 4 is 22.9 Å². The van der Waals surface area contributed by atoms with Crippen LogP contribution in [0.15, 0.2) is 0 Å². The number of nitrogens with zero attached hydrogens (tertiary/aromatic N) is 1. The van der Waals surface area contributed by atoms with Gasteiger partial charge in [0.2, 0.25) is 5.91 Å². The van der Waals surface area contributed by atoms with Crippen LogP contribution in [0, 0.1) is 10.1 Å². The smallest absolute Gasteiger partial charge is 0.294 e. The fourth-order valence-corrected chi connectivity index (χ4v) is 2.30. The summed E-state index contributed by atoms with van der Waals surface area (Å²) in [5.74, 6) is 0.0401. The molecule has 18 heavy (non-hydrogen) atoms. The highest BCUT2D eigenvalue weighted by Gasteiger charge is 2.29. The van der Waals surface area contributed by atoms with Crippen LogP contribution in [0.25, 0.3) is 0 Å². The summed E-state index contributed by atoms with van der Waals surface area (Å²) in [6.07, 6.45) is 1.34. The molecule has 1 fully saturated rings. The summed E-state index contributed by atoms with van der Waals surface area (Å²) in [6, 6.07) is -0.993. The number of hydrogen-bond acceptors (Lipinski definition) is 6. The highest BCUT2D eigenvalue weighted by molar-refractivity contribution is 8.14. The van der Waals surface area contributed by atoms with Gasteiger partial charge in [-0.2, -0.15) is 0 Å². The summed E-state index contributed by atoms with van der Waals surface area (Å²) < 4.78 is 0. The van der Waals surface area contributed by atoms with E-state index in [1.54, 1.807) is 0 Å². The Hall–Kier alpha value is -1.51. The molecule has 0 unspecified atom stereocenters. The van der Waals surface area contributed by atoms with E-state index in [2.05, 4.69) is 15.5 Å². The fraction of sp³-hybridized carbons (Fsp3) is 0.778. The second-order valence-electron chi connectivity index (χ2n) is 3.81.